The lowest BCUT2D eigenvalue weighted by Crippen LogP contribution is -2.33. The molecule has 22 heavy (non-hydrogen) atoms. The molecule has 5 nitrogen and oxygen atoms in total. The predicted molar refractivity (Wildman–Crippen MR) is 88.1 cm³/mol. The molecule has 0 aliphatic rings. The highest BCUT2D eigenvalue weighted by molar-refractivity contribution is 9.10. The summed E-state index contributed by atoms with van der Waals surface area (Å²) in [6, 6.07) is 5.68. The van der Waals surface area contributed by atoms with Gasteiger partial charge in [0.15, 0.2) is 0 Å². The van der Waals surface area contributed by atoms with Crippen molar-refractivity contribution < 1.29 is 19.4 Å². The lowest BCUT2D eigenvalue weighted by Gasteiger charge is -2.12. The molecule has 0 saturated heterocycles. The van der Waals surface area contributed by atoms with Crippen LogP contribution in [0.5, 0.6) is 5.75 Å². The number of carbonyl (C=O) groups is 2. The highest BCUT2D eigenvalue weighted by Crippen LogP contribution is 2.25. The van der Waals surface area contributed by atoms with Gasteiger partial charge in [-0.1, -0.05) is 19.4 Å². The molecule has 2 N–H and O–H groups in total. The molecule has 1 unspecified atom stereocenters. The molecule has 0 spiro atoms. The summed E-state index contributed by atoms with van der Waals surface area (Å²) in [5.74, 6) is -0.753. The molecule has 0 bridgehead atoms. The van der Waals surface area contributed by atoms with Gasteiger partial charge in [-0.2, -0.15) is 0 Å². The SMILES string of the molecule is CCCC(CNC(=O)CCc1ccc(OC)c(Br)c1)C(=O)O. The van der Waals surface area contributed by atoms with Crippen LogP contribution in [0, 0.1) is 5.92 Å². The number of ether oxygens (including phenoxy) is 1. The zero-order valence-corrected chi connectivity index (χ0v) is 14.5. The number of carbonyl (C=O) groups excluding carboxylic acids is 1. The topological polar surface area (TPSA) is 75.6 Å². The number of aryl methyl sites for hydroxylation is 1. The van der Waals surface area contributed by atoms with Crippen LogP contribution >= 0.6 is 15.9 Å². The molecule has 0 aliphatic carbocycles. The Morgan fingerprint density at radius 3 is 2.68 bits per heavy atom. The molecule has 6 heteroatoms. The van der Waals surface area contributed by atoms with Crippen molar-refractivity contribution in [2.45, 2.75) is 32.6 Å². The number of halogens is 1. The van der Waals surface area contributed by atoms with Crippen LogP contribution < -0.4 is 10.1 Å². The first-order chi connectivity index (χ1) is 10.5. The number of hydrogen-bond donors (Lipinski definition) is 2. The molecule has 0 radical (unpaired) electrons. The van der Waals surface area contributed by atoms with Crippen molar-refractivity contribution in [1.29, 1.82) is 0 Å². The summed E-state index contributed by atoms with van der Waals surface area (Å²) < 4.78 is 6.00. The zero-order valence-electron chi connectivity index (χ0n) is 12.9. The van der Waals surface area contributed by atoms with Crippen molar-refractivity contribution in [2.24, 2.45) is 5.92 Å². The molecule has 0 heterocycles. The Hall–Kier alpha value is -1.56. The Morgan fingerprint density at radius 1 is 1.41 bits per heavy atom. The van der Waals surface area contributed by atoms with Gasteiger partial charge in [0.2, 0.25) is 5.91 Å². The third-order valence-electron chi connectivity index (χ3n) is 3.39. The van der Waals surface area contributed by atoms with Crippen molar-refractivity contribution >= 4 is 27.8 Å². The van der Waals surface area contributed by atoms with Crippen LogP contribution in [0.2, 0.25) is 0 Å². The van der Waals surface area contributed by atoms with E-state index < -0.39 is 11.9 Å². The van der Waals surface area contributed by atoms with E-state index in [1.54, 1.807) is 7.11 Å². The molecule has 0 aromatic heterocycles. The second kappa shape index (κ2) is 9.46. The summed E-state index contributed by atoms with van der Waals surface area (Å²) in [7, 11) is 1.60. The highest BCUT2D eigenvalue weighted by atomic mass is 79.9. The van der Waals surface area contributed by atoms with E-state index in [4.69, 9.17) is 9.84 Å². The minimum Gasteiger partial charge on any atom is -0.496 e. The Kier molecular flexibility index (Phi) is 7.95. The lowest BCUT2D eigenvalue weighted by molar-refractivity contribution is -0.141. The summed E-state index contributed by atoms with van der Waals surface area (Å²) in [6.45, 7) is 2.12. The quantitative estimate of drug-likeness (QED) is 0.699. The van der Waals surface area contributed by atoms with E-state index in [2.05, 4.69) is 21.2 Å². The maximum Gasteiger partial charge on any atom is 0.308 e. The predicted octanol–water partition coefficient (Wildman–Crippen LogP) is 3.01. The molecule has 0 aliphatic heterocycles. The van der Waals surface area contributed by atoms with Crippen LogP contribution in [0.15, 0.2) is 22.7 Å². The van der Waals surface area contributed by atoms with E-state index in [9.17, 15) is 9.59 Å². The number of carboxylic acid groups (broad SMARTS) is 1. The molecule has 122 valence electrons. The van der Waals surface area contributed by atoms with Crippen molar-refractivity contribution in [1.82, 2.24) is 5.32 Å². The van der Waals surface area contributed by atoms with Gasteiger partial charge in [0.1, 0.15) is 5.75 Å². The first-order valence-corrected chi connectivity index (χ1v) is 8.09. The molecule has 1 amide bonds. The number of methoxy groups -OCH3 is 1. The van der Waals surface area contributed by atoms with Gasteiger partial charge in [-0.15, -0.1) is 0 Å². The minimum atomic E-state index is -0.860. The van der Waals surface area contributed by atoms with Crippen LogP contribution in [0.25, 0.3) is 0 Å². The number of amides is 1. The van der Waals surface area contributed by atoms with Crippen LogP contribution in [0.1, 0.15) is 31.7 Å². The first-order valence-electron chi connectivity index (χ1n) is 7.29. The minimum absolute atomic E-state index is 0.130. The molecule has 1 rings (SSSR count). The Bertz CT molecular complexity index is 519. The molecular formula is C16H22BrNO4. The van der Waals surface area contributed by atoms with Gasteiger partial charge < -0.3 is 15.2 Å². The maximum atomic E-state index is 11.8. The lowest BCUT2D eigenvalue weighted by atomic mass is 10.0. The smallest absolute Gasteiger partial charge is 0.308 e. The Balaban J connectivity index is 2.42. The molecule has 1 atom stereocenters. The number of aliphatic carboxylic acids is 1. The monoisotopic (exact) mass is 371 g/mol. The summed E-state index contributed by atoms with van der Waals surface area (Å²) in [4.78, 5) is 22.8. The summed E-state index contributed by atoms with van der Waals surface area (Å²) in [6.07, 6.45) is 2.28. The van der Waals surface area contributed by atoms with E-state index >= 15 is 0 Å². The van der Waals surface area contributed by atoms with E-state index in [1.165, 1.54) is 0 Å². The number of hydrogen-bond acceptors (Lipinski definition) is 3. The normalized spacial score (nSPS) is 11.8. The van der Waals surface area contributed by atoms with Crippen LogP contribution in [-0.2, 0) is 16.0 Å². The van der Waals surface area contributed by atoms with Gasteiger partial charge in [-0.3, -0.25) is 9.59 Å². The van der Waals surface area contributed by atoms with Gasteiger partial charge in [0.05, 0.1) is 17.5 Å². The van der Waals surface area contributed by atoms with Crippen LogP contribution in [-0.4, -0.2) is 30.6 Å². The van der Waals surface area contributed by atoms with E-state index in [-0.39, 0.29) is 12.5 Å². The van der Waals surface area contributed by atoms with Gasteiger partial charge in [0, 0.05) is 13.0 Å². The fourth-order valence-electron chi connectivity index (χ4n) is 2.11. The van der Waals surface area contributed by atoms with Gasteiger partial charge in [-0.25, -0.2) is 0 Å². The van der Waals surface area contributed by atoms with Crippen molar-refractivity contribution in [2.75, 3.05) is 13.7 Å². The second-order valence-electron chi connectivity index (χ2n) is 5.10. The summed E-state index contributed by atoms with van der Waals surface area (Å²) in [5, 5.41) is 11.7. The fourth-order valence-corrected chi connectivity index (χ4v) is 2.70. The Morgan fingerprint density at radius 2 is 2.14 bits per heavy atom. The number of carboxylic acids is 1. The maximum absolute atomic E-state index is 11.8. The fraction of sp³-hybridized carbons (Fsp3) is 0.500. The summed E-state index contributed by atoms with van der Waals surface area (Å²) in [5.41, 5.74) is 1.02. The molecule has 1 aromatic rings. The third-order valence-corrected chi connectivity index (χ3v) is 4.01. The van der Waals surface area contributed by atoms with Crippen molar-refractivity contribution in [3.8, 4) is 5.75 Å². The average molecular weight is 372 g/mol. The van der Waals surface area contributed by atoms with E-state index in [0.717, 1.165) is 22.2 Å². The molecule has 0 saturated carbocycles. The molecule has 0 fully saturated rings. The highest BCUT2D eigenvalue weighted by Gasteiger charge is 2.17. The van der Waals surface area contributed by atoms with Gasteiger partial charge >= 0.3 is 5.97 Å². The van der Waals surface area contributed by atoms with Crippen molar-refractivity contribution in [3.63, 3.8) is 0 Å². The number of benzene rings is 1. The first kappa shape index (κ1) is 18.5. The number of nitrogens with one attached hydrogen (secondary N) is 1. The standard InChI is InChI=1S/C16H22BrNO4/c1-3-4-12(16(20)21)10-18-15(19)8-6-11-5-7-14(22-2)13(17)9-11/h5,7,9,12H,3-4,6,8,10H2,1-2H3,(H,18,19)(H,20,21). The van der Waals surface area contributed by atoms with Gasteiger partial charge in [0.25, 0.3) is 0 Å². The summed E-state index contributed by atoms with van der Waals surface area (Å²) >= 11 is 3.41. The largest absolute Gasteiger partial charge is 0.496 e. The van der Waals surface area contributed by atoms with E-state index in [1.807, 2.05) is 25.1 Å². The number of rotatable bonds is 9. The van der Waals surface area contributed by atoms with E-state index in [0.29, 0.717) is 19.3 Å². The van der Waals surface area contributed by atoms with Gasteiger partial charge in [-0.05, 0) is 46.5 Å². The zero-order chi connectivity index (χ0) is 16.5. The average Bonchev–Trinajstić information content (AvgIpc) is 2.49. The van der Waals surface area contributed by atoms with Crippen molar-refractivity contribution in [3.05, 3.63) is 28.2 Å². The Labute approximate surface area is 139 Å². The third kappa shape index (κ3) is 6.05. The molecular weight excluding hydrogens is 350 g/mol. The second-order valence-corrected chi connectivity index (χ2v) is 5.95. The van der Waals surface area contributed by atoms with Crippen LogP contribution in [0.3, 0.4) is 0 Å². The van der Waals surface area contributed by atoms with Crippen LogP contribution in [0.4, 0.5) is 0 Å². The molecule has 1 aromatic carbocycles.